The highest BCUT2D eigenvalue weighted by Gasteiger charge is 2.38. The first-order valence-corrected chi connectivity index (χ1v) is 17.4. The summed E-state index contributed by atoms with van der Waals surface area (Å²) in [5.74, 6) is -0.275. The molecule has 50 heavy (non-hydrogen) atoms. The number of carbonyl (C=O) groups excluding carboxylic acids is 1. The summed E-state index contributed by atoms with van der Waals surface area (Å²) in [6, 6.07) is 52.3. The van der Waals surface area contributed by atoms with Gasteiger partial charge in [-0.3, -0.25) is 0 Å². The maximum absolute atomic E-state index is 13.4. The highest BCUT2D eigenvalue weighted by Crippen LogP contribution is 2.53. The van der Waals surface area contributed by atoms with Gasteiger partial charge in [0.25, 0.3) is 0 Å². The van der Waals surface area contributed by atoms with Crippen LogP contribution in [0.1, 0.15) is 49.2 Å². The van der Waals surface area contributed by atoms with Crippen LogP contribution in [0, 0.1) is 0 Å². The molecule has 0 bridgehead atoms. The number of fused-ring (bicyclic) bond motifs is 8. The molecule has 0 saturated heterocycles. The number of esters is 1. The fraction of sp³-hybridized carbons (Fsp3) is 0.128. The standard InChI is InChI=1S/C47H37NO2/c1-29(2)50-46(49)41-28-44-45(40-16-10-9-15-39(40)41)42-26-34-19-22-38(25-35(34)27-43(42)47(44,3)4)48(36-20-17-30-11-5-7-13-32(30)23-36)37-21-18-31-12-6-8-14-33(31)24-37/h5-29H,1-4H3. The summed E-state index contributed by atoms with van der Waals surface area (Å²) in [5, 5.41) is 9.23. The number of carbonyl (C=O) groups is 1. The molecule has 0 aliphatic heterocycles. The first kappa shape index (κ1) is 30.2. The van der Waals surface area contributed by atoms with Crippen molar-refractivity contribution in [2.75, 3.05) is 4.90 Å². The fourth-order valence-corrected chi connectivity index (χ4v) is 7.98. The van der Waals surface area contributed by atoms with Gasteiger partial charge in [0.1, 0.15) is 0 Å². The molecule has 0 amide bonds. The summed E-state index contributed by atoms with van der Waals surface area (Å²) in [5.41, 5.74) is 8.49. The van der Waals surface area contributed by atoms with Gasteiger partial charge in [-0.05, 0) is 134 Å². The van der Waals surface area contributed by atoms with Crippen LogP contribution in [0.2, 0.25) is 0 Å². The summed E-state index contributed by atoms with van der Waals surface area (Å²) in [6.07, 6.45) is -0.192. The van der Waals surface area contributed by atoms with Crippen LogP contribution in [0.3, 0.4) is 0 Å². The Bertz CT molecular complexity index is 2590. The van der Waals surface area contributed by atoms with Crippen LogP contribution in [-0.2, 0) is 10.2 Å². The first-order chi connectivity index (χ1) is 24.3. The van der Waals surface area contributed by atoms with Crippen LogP contribution in [0.4, 0.5) is 17.1 Å². The van der Waals surface area contributed by atoms with Crippen LogP contribution in [0.15, 0.2) is 146 Å². The molecular weight excluding hydrogens is 611 g/mol. The molecule has 3 nitrogen and oxygen atoms in total. The van der Waals surface area contributed by atoms with Crippen molar-refractivity contribution in [1.82, 2.24) is 0 Å². The molecule has 0 aromatic heterocycles. The van der Waals surface area contributed by atoms with Gasteiger partial charge in [0.2, 0.25) is 0 Å². The molecule has 9 rings (SSSR count). The minimum atomic E-state index is -0.317. The van der Waals surface area contributed by atoms with E-state index in [9.17, 15) is 4.79 Å². The topological polar surface area (TPSA) is 29.5 Å². The molecule has 1 aliphatic rings. The van der Waals surface area contributed by atoms with E-state index >= 15 is 0 Å². The van der Waals surface area contributed by atoms with Crippen molar-refractivity contribution in [3.63, 3.8) is 0 Å². The summed E-state index contributed by atoms with van der Waals surface area (Å²) in [4.78, 5) is 15.8. The lowest BCUT2D eigenvalue weighted by Crippen LogP contribution is -2.17. The molecule has 3 heteroatoms. The van der Waals surface area contributed by atoms with Gasteiger partial charge in [-0.15, -0.1) is 0 Å². The second kappa shape index (κ2) is 11.3. The third kappa shape index (κ3) is 4.76. The molecule has 0 heterocycles. The van der Waals surface area contributed by atoms with E-state index < -0.39 is 0 Å². The van der Waals surface area contributed by atoms with Crippen molar-refractivity contribution in [2.24, 2.45) is 0 Å². The van der Waals surface area contributed by atoms with E-state index in [1.807, 2.05) is 26.0 Å². The number of rotatable bonds is 5. The van der Waals surface area contributed by atoms with Gasteiger partial charge < -0.3 is 9.64 Å². The van der Waals surface area contributed by atoms with E-state index in [2.05, 4.69) is 152 Å². The third-order valence-electron chi connectivity index (χ3n) is 10.4. The molecule has 0 atom stereocenters. The van der Waals surface area contributed by atoms with Crippen LogP contribution < -0.4 is 4.90 Å². The Morgan fingerprint density at radius 3 is 1.64 bits per heavy atom. The predicted molar refractivity (Wildman–Crippen MR) is 209 cm³/mol. The molecule has 242 valence electrons. The lowest BCUT2D eigenvalue weighted by atomic mass is 9.80. The Kier molecular flexibility index (Phi) is 6.82. The van der Waals surface area contributed by atoms with Gasteiger partial charge in [0.15, 0.2) is 0 Å². The highest BCUT2D eigenvalue weighted by atomic mass is 16.5. The monoisotopic (exact) mass is 647 g/mol. The van der Waals surface area contributed by atoms with Gasteiger partial charge in [-0.2, -0.15) is 0 Å². The van der Waals surface area contributed by atoms with Gasteiger partial charge in [-0.25, -0.2) is 4.79 Å². The molecular formula is C47H37NO2. The zero-order chi connectivity index (χ0) is 34.1. The van der Waals surface area contributed by atoms with Crippen molar-refractivity contribution in [1.29, 1.82) is 0 Å². The van der Waals surface area contributed by atoms with Crippen LogP contribution in [0.25, 0.3) is 54.2 Å². The van der Waals surface area contributed by atoms with Gasteiger partial charge in [-0.1, -0.05) is 105 Å². The second-order valence-corrected chi connectivity index (χ2v) is 14.3. The number of ether oxygens (including phenoxy) is 1. The lowest BCUT2D eigenvalue weighted by molar-refractivity contribution is 0.0380. The Hall–Kier alpha value is -5.93. The number of nitrogens with zero attached hydrogens (tertiary/aromatic N) is 1. The number of hydrogen-bond donors (Lipinski definition) is 0. The smallest absolute Gasteiger partial charge is 0.339 e. The Morgan fingerprint density at radius 2 is 1.04 bits per heavy atom. The maximum atomic E-state index is 13.4. The Labute approximate surface area is 292 Å². The largest absolute Gasteiger partial charge is 0.459 e. The van der Waals surface area contributed by atoms with E-state index in [0.29, 0.717) is 5.56 Å². The molecule has 0 radical (unpaired) electrons. The quantitative estimate of drug-likeness (QED) is 0.174. The van der Waals surface area contributed by atoms with Crippen molar-refractivity contribution in [3.8, 4) is 11.1 Å². The number of hydrogen-bond acceptors (Lipinski definition) is 3. The van der Waals surface area contributed by atoms with E-state index in [1.54, 1.807) is 0 Å². The van der Waals surface area contributed by atoms with Crippen molar-refractivity contribution < 1.29 is 9.53 Å². The van der Waals surface area contributed by atoms with E-state index in [0.717, 1.165) is 33.4 Å². The Balaban J connectivity index is 1.23. The average molecular weight is 648 g/mol. The van der Waals surface area contributed by atoms with Crippen molar-refractivity contribution in [3.05, 3.63) is 162 Å². The molecule has 8 aromatic carbocycles. The molecule has 8 aromatic rings. The van der Waals surface area contributed by atoms with Crippen LogP contribution >= 0.6 is 0 Å². The Morgan fingerprint density at radius 1 is 0.540 bits per heavy atom. The number of benzene rings is 8. The summed E-state index contributed by atoms with van der Waals surface area (Å²) in [6.45, 7) is 8.34. The number of anilines is 3. The summed E-state index contributed by atoms with van der Waals surface area (Å²) >= 11 is 0. The molecule has 0 fully saturated rings. The highest BCUT2D eigenvalue weighted by molar-refractivity contribution is 6.13. The molecule has 0 spiro atoms. The molecule has 0 saturated carbocycles. The van der Waals surface area contributed by atoms with E-state index in [-0.39, 0.29) is 17.5 Å². The summed E-state index contributed by atoms with van der Waals surface area (Å²) < 4.78 is 5.72. The first-order valence-electron chi connectivity index (χ1n) is 17.4. The normalized spacial score (nSPS) is 13.2. The van der Waals surface area contributed by atoms with Gasteiger partial charge in [0.05, 0.1) is 11.7 Å². The SMILES string of the molecule is CC(C)OC(=O)c1cc2c(c3ccccc13)-c1cc3ccc(N(c4ccc5ccccc5c4)c4ccc5ccccc5c4)cc3cc1C2(C)C. The maximum Gasteiger partial charge on any atom is 0.339 e. The average Bonchev–Trinajstić information content (AvgIpc) is 3.35. The lowest BCUT2D eigenvalue weighted by Gasteiger charge is -2.27. The molecule has 0 N–H and O–H groups in total. The van der Waals surface area contributed by atoms with Gasteiger partial charge in [0, 0.05) is 22.5 Å². The van der Waals surface area contributed by atoms with Crippen LogP contribution in [-0.4, -0.2) is 12.1 Å². The fourth-order valence-electron chi connectivity index (χ4n) is 7.98. The predicted octanol–water partition coefficient (Wildman–Crippen LogP) is 12.6. The van der Waals surface area contributed by atoms with Crippen molar-refractivity contribution in [2.45, 2.75) is 39.2 Å². The minimum absolute atomic E-state index is 0.192. The van der Waals surface area contributed by atoms with E-state index in [4.69, 9.17) is 4.74 Å². The third-order valence-corrected chi connectivity index (χ3v) is 10.4. The van der Waals surface area contributed by atoms with Gasteiger partial charge >= 0.3 is 5.97 Å². The second-order valence-electron chi connectivity index (χ2n) is 14.3. The molecule has 0 unspecified atom stereocenters. The minimum Gasteiger partial charge on any atom is -0.459 e. The summed E-state index contributed by atoms with van der Waals surface area (Å²) in [7, 11) is 0. The zero-order valence-corrected chi connectivity index (χ0v) is 28.7. The van der Waals surface area contributed by atoms with Crippen LogP contribution in [0.5, 0.6) is 0 Å². The zero-order valence-electron chi connectivity index (χ0n) is 28.7. The van der Waals surface area contributed by atoms with E-state index in [1.165, 1.54) is 49.0 Å². The molecule has 1 aliphatic carbocycles. The van der Waals surface area contributed by atoms with Crippen molar-refractivity contribution >= 4 is 66.1 Å².